The van der Waals surface area contributed by atoms with Crippen molar-refractivity contribution < 1.29 is 26.4 Å². The maximum absolute atomic E-state index is 13.2. The molecule has 0 bridgehead atoms. The van der Waals surface area contributed by atoms with Crippen molar-refractivity contribution in [2.24, 2.45) is 0 Å². The van der Waals surface area contributed by atoms with Crippen LogP contribution in [0.15, 0.2) is 24.4 Å². The van der Waals surface area contributed by atoms with Crippen molar-refractivity contribution in [3.8, 4) is 0 Å². The second-order valence-electron chi connectivity index (χ2n) is 6.74. The molecular weight excluding hydrogens is 371 g/mol. The highest BCUT2D eigenvalue weighted by Gasteiger charge is 2.21. The highest BCUT2D eigenvalue weighted by atomic mass is 32.2. The maximum Gasteiger partial charge on any atom is 0.272 e. The molecular formula is C16H18F3N3O3S. The summed E-state index contributed by atoms with van der Waals surface area (Å²) in [7, 11) is -3.62. The lowest BCUT2D eigenvalue weighted by molar-refractivity contribution is 0.102. The first-order chi connectivity index (χ1) is 11.9. The molecule has 142 valence electrons. The Hall–Kier alpha value is -2.33. The molecule has 0 fully saturated rings. The third-order valence-electron chi connectivity index (χ3n) is 3.05. The molecule has 0 atom stereocenters. The molecule has 1 amide bonds. The third kappa shape index (κ3) is 5.33. The minimum absolute atomic E-state index is 0.0175. The van der Waals surface area contributed by atoms with Crippen molar-refractivity contribution >= 4 is 21.6 Å². The fourth-order valence-corrected chi connectivity index (χ4v) is 3.81. The lowest BCUT2D eigenvalue weighted by atomic mass is 10.1. The molecule has 1 heterocycles. The van der Waals surface area contributed by atoms with E-state index in [1.54, 1.807) is 20.8 Å². The van der Waals surface area contributed by atoms with Gasteiger partial charge in [0.1, 0.15) is 5.69 Å². The van der Waals surface area contributed by atoms with Crippen LogP contribution in [0.25, 0.3) is 0 Å². The molecule has 6 nitrogen and oxygen atoms in total. The van der Waals surface area contributed by atoms with E-state index in [0.29, 0.717) is 17.7 Å². The number of carbonyl (C=O) groups excluding carboxylic acids is 1. The highest BCUT2D eigenvalue weighted by molar-refractivity contribution is 7.88. The number of rotatable bonds is 5. The van der Waals surface area contributed by atoms with Gasteiger partial charge in [0.05, 0.1) is 5.75 Å². The summed E-state index contributed by atoms with van der Waals surface area (Å²) in [4.78, 5) is 14.7. The second-order valence-corrected chi connectivity index (χ2v) is 8.46. The topological polar surface area (TPSA) is 91.1 Å². The third-order valence-corrected chi connectivity index (χ3v) is 4.68. The van der Waals surface area contributed by atoms with E-state index in [9.17, 15) is 26.4 Å². The molecule has 0 aliphatic rings. The van der Waals surface area contributed by atoms with Crippen LogP contribution in [0.2, 0.25) is 0 Å². The standard InChI is InChI=1S/C16H18F3N3O3S/c1-16(2,3)22-26(24,25)8-9-4-13(20-7-9)15(23)21-10-5-11(17)14(19)12(18)6-10/h4-7,20,22H,8H2,1-3H3,(H,21,23). The SMILES string of the molecule is CC(C)(C)NS(=O)(=O)Cc1c[nH]c(C(=O)Nc2cc(F)c(F)c(F)c2)c1. The van der Waals surface area contributed by atoms with Crippen molar-refractivity contribution in [1.29, 1.82) is 0 Å². The van der Waals surface area contributed by atoms with E-state index in [1.807, 2.05) is 0 Å². The Bertz CT molecular complexity index is 911. The average Bonchev–Trinajstić information content (AvgIpc) is 2.89. The number of carbonyl (C=O) groups is 1. The predicted octanol–water partition coefficient (Wildman–Crippen LogP) is 2.90. The van der Waals surface area contributed by atoms with Crippen molar-refractivity contribution in [2.75, 3.05) is 5.32 Å². The van der Waals surface area contributed by atoms with Crippen LogP contribution in [0.4, 0.5) is 18.9 Å². The van der Waals surface area contributed by atoms with Crippen LogP contribution in [-0.4, -0.2) is 24.8 Å². The number of hydrogen-bond donors (Lipinski definition) is 3. The minimum Gasteiger partial charge on any atom is -0.357 e. The van der Waals surface area contributed by atoms with Crippen LogP contribution in [-0.2, 0) is 15.8 Å². The van der Waals surface area contributed by atoms with Crippen LogP contribution in [0.1, 0.15) is 36.8 Å². The monoisotopic (exact) mass is 389 g/mol. The molecule has 0 aliphatic carbocycles. The van der Waals surface area contributed by atoms with E-state index in [-0.39, 0.29) is 17.1 Å². The van der Waals surface area contributed by atoms with Crippen LogP contribution >= 0.6 is 0 Å². The van der Waals surface area contributed by atoms with Gasteiger partial charge in [-0.25, -0.2) is 26.3 Å². The number of amides is 1. The molecule has 0 spiro atoms. The van der Waals surface area contributed by atoms with Crippen molar-refractivity contribution in [2.45, 2.75) is 32.1 Å². The van der Waals surface area contributed by atoms with Gasteiger partial charge >= 0.3 is 0 Å². The zero-order chi connectivity index (χ0) is 19.7. The summed E-state index contributed by atoms with van der Waals surface area (Å²) in [5.41, 5.74) is -0.615. The smallest absolute Gasteiger partial charge is 0.272 e. The Morgan fingerprint density at radius 1 is 1.12 bits per heavy atom. The highest BCUT2D eigenvalue weighted by Crippen LogP contribution is 2.18. The molecule has 0 unspecified atom stereocenters. The van der Waals surface area contributed by atoms with E-state index in [0.717, 1.165) is 0 Å². The van der Waals surface area contributed by atoms with Crippen molar-refractivity contribution in [3.63, 3.8) is 0 Å². The summed E-state index contributed by atoms with van der Waals surface area (Å²) in [6.45, 7) is 5.09. The van der Waals surface area contributed by atoms with Gasteiger partial charge in [-0.1, -0.05) is 0 Å². The largest absolute Gasteiger partial charge is 0.357 e. The van der Waals surface area contributed by atoms with Gasteiger partial charge in [-0.15, -0.1) is 0 Å². The van der Waals surface area contributed by atoms with Gasteiger partial charge in [0.25, 0.3) is 5.91 Å². The van der Waals surface area contributed by atoms with Gasteiger partial charge in [-0.3, -0.25) is 4.79 Å². The first kappa shape index (κ1) is 20.0. The Morgan fingerprint density at radius 2 is 1.69 bits per heavy atom. The first-order valence-corrected chi connectivity index (χ1v) is 9.16. The quantitative estimate of drug-likeness (QED) is 0.687. The van der Waals surface area contributed by atoms with Crippen LogP contribution in [0.3, 0.4) is 0 Å². The van der Waals surface area contributed by atoms with E-state index in [1.165, 1.54) is 12.3 Å². The summed E-state index contributed by atoms with van der Waals surface area (Å²) in [5.74, 6) is -5.63. The molecule has 26 heavy (non-hydrogen) atoms. The number of sulfonamides is 1. The predicted molar refractivity (Wildman–Crippen MR) is 90.6 cm³/mol. The summed E-state index contributed by atoms with van der Waals surface area (Å²) in [6, 6.07) is 2.57. The summed E-state index contributed by atoms with van der Waals surface area (Å²) in [5, 5.41) is 2.20. The van der Waals surface area contributed by atoms with Gasteiger partial charge < -0.3 is 10.3 Å². The van der Waals surface area contributed by atoms with Crippen LogP contribution in [0.5, 0.6) is 0 Å². The summed E-state index contributed by atoms with van der Waals surface area (Å²) >= 11 is 0. The number of nitrogens with one attached hydrogen (secondary N) is 3. The average molecular weight is 389 g/mol. The second kappa shape index (κ2) is 7.12. The van der Waals surface area contributed by atoms with Crippen LogP contribution in [0, 0.1) is 17.5 Å². The van der Waals surface area contributed by atoms with E-state index in [4.69, 9.17) is 0 Å². The van der Waals surface area contributed by atoms with Gasteiger partial charge in [-0.05, 0) is 32.4 Å². The molecule has 3 N–H and O–H groups in total. The lowest BCUT2D eigenvalue weighted by Gasteiger charge is -2.19. The van der Waals surface area contributed by atoms with Gasteiger partial charge in [0, 0.05) is 29.6 Å². The Balaban J connectivity index is 2.11. The molecule has 1 aromatic heterocycles. The molecule has 2 aromatic rings. The van der Waals surface area contributed by atoms with Crippen molar-refractivity contribution in [3.05, 3.63) is 53.1 Å². The molecule has 0 saturated carbocycles. The molecule has 2 rings (SSSR count). The van der Waals surface area contributed by atoms with E-state index < -0.39 is 38.9 Å². The first-order valence-electron chi connectivity index (χ1n) is 7.51. The number of H-pyrrole nitrogens is 1. The molecule has 0 radical (unpaired) electrons. The zero-order valence-corrected chi connectivity index (χ0v) is 15.1. The molecule has 10 heteroatoms. The van der Waals surface area contributed by atoms with Crippen molar-refractivity contribution in [1.82, 2.24) is 9.71 Å². The van der Waals surface area contributed by atoms with Crippen LogP contribution < -0.4 is 10.0 Å². The lowest BCUT2D eigenvalue weighted by Crippen LogP contribution is -2.41. The number of aromatic amines is 1. The fraction of sp³-hybridized carbons (Fsp3) is 0.312. The minimum atomic E-state index is -3.62. The van der Waals surface area contributed by atoms with Gasteiger partial charge in [0.15, 0.2) is 17.5 Å². The summed E-state index contributed by atoms with van der Waals surface area (Å²) < 4.78 is 65.8. The number of benzene rings is 1. The Morgan fingerprint density at radius 3 is 2.23 bits per heavy atom. The van der Waals surface area contributed by atoms with E-state index >= 15 is 0 Å². The normalized spacial score (nSPS) is 12.2. The maximum atomic E-state index is 13.2. The fourth-order valence-electron chi connectivity index (χ4n) is 2.20. The Kier molecular flexibility index (Phi) is 5.47. The number of anilines is 1. The van der Waals surface area contributed by atoms with E-state index in [2.05, 4.69) is 15.0 Å². The van der Waals surface area contributed by atoms with Gasteiger partial charge in [0.2, 0.25) is 10.0 Å². The Labute approximate surface area is 148 Å². The molecule has 1 aromatic carbocycles. The number of aromatic nitrogens is 1. The summed E-state index contributed by atoms with van der Waals surface area (Å²) in [6.07, 6.45) is 1.34. The number of hydrogen-bond acceptors (Lipinski definition) is 3. The zero-order valence-electron chi connectivity index (χ0n) is 14.3. The molecule has 0 saturated heterocycles. The molecule has 0 aliphatic heterocycles. The number of halogens is 3. The van der Waals surface area contributed by atoms with Gasteiger partial charge in [-0.2, -0.15) is 0 Å².